The third kappa shape index (κ3) is 3.36. The van der Waals surface area contributed by atoms with E-state index in [0.29, 0.717) is 10.6 Å². The molecule has 3 aromatic rings. The fourth-order valence-corrected chi connectivity index (χ4v) is 4.42. The average Bonchev–Trinajstić information content (AvgIpc) is 3.11. The van der Waals surface area contributed by atoms with Gasteiger partial charge in [-0.3, -0.25) is 20.4 Å². The van der Waals surface area contributed by atoms with Gasteiger partial charge in [-0.2, -0.15) is 0 Å². The van der Waals surface area contributed by atoms with E-state index in [1.54, 1.807) is 23.9 Å². The topological polar surface area (TPSA) is 88.9 Å². The van der Waals surface area contributed by atoms with Crippen molar-refractivity contribution in [2.24, 2.45) is 7.05 Å². The molecule has 0 aliphatic heterocycles. The van der Waals surface area contributed by atoms with E-state index in [9.17, 15) is 9.59 Å². The van der Waals surface area contributed by atoms with Gasteiger partial charge in [0.25, 0.3) is 11.8 Å². The normalized spacial score (nSPS) is 11.0. The molecule has 7 nitrogen and oxygen atoms in total. The van der Waals surface area contributed by atoms with Crippen molar-refractivity contribution in [1.29, 1.82) is 0 Å². The minimum absolute atomic E-state index is 0.371. The summed E-state index contributed by atoms with van der Waals surface area (Å²) in [7, 11) is 1.75. The van der Waals surface area contributed by atoms with Crippen LogP contribution in [0.2, 0.25) is 0 Å². The highest BCUT2D eigenvalue weighted by molar-refractivity contribution is 9.10. The summed E-state index contributed by atoms with van der Waals surface area (Å²) in [4.78, 5) is 35.0. The highest BCUT2D eigenvalue weighted by Gasteiger charge is 2.20. The van der Waals surface area contributed by atoms with Gasteiger partial charge in [0.1, 0.15) is 16.3 Å². The Labute approximate surface area is 162 Å². The molecule has 0 bridgehead atoms. The number of aryl methyl sites for hydroxylation is 4. The predicted octanol–water partition coefficient (Wildman–Crippen LogP) is 3.05. The molecule has 0 aliphatic rings. The lowest BCUT2D eigenvalue weighted by molar-refractivity contribution is 0.0844. The number of carbonyl (C=O) groups excluding carboxylic acids is 2. The quantitative estimate of drug-likeness (QED) is 0.618. The molecule has 0 saturated carbocycles. The molecule has 0 spiro atoms. The van der Waals surface area contributed by atoms with Crippen LogP contribution in [-0.2, 0) is 13.5 Å². The average molecular weight is 436 g/mol. The van der Waals surface area contributed by atoms with E-state index >= 15 is 0 Å². The third-order valence-electron chi connectivity index (χ3n) is 4.03. The number of halogens is 1. The minimum Gasteiger partial charge on any atom is -0.345 e. The van der Waals surface area contributed by atoms with E-state index in [0.717, 1.165) is 38.2 Å². The second kappa shape index (κ2) is 7.16. The molecule has 3 rings (SSSR count). The SMILES string of the molecule is CCc1nc(C)c2c(C)c(C(=O)NNC(=O)c3cc(Br)cn3C)sc2n1. The van der Waals surface area contributed by atoms with Gasteiger partial charge in [0.15, 0.2) is 0 Å². The zero-order chi connectivity index (χ0) is 19.0. The molecule has 136 valence electrons. The number of hydrazine groups is 1. The Morgan fingerprint density at radius 3 is 2.54 bits per heavy atom. The van der Waals surface area contributed by atoms with Gasteiger partial charge in [-0.1, -0.05) is 6.92 Å². The second-order valence-electron chi connectivity index (χ2n) is 5.88. The number of hydrogen-bond donors (Lipinski definition) is 2. The van der Waals surface area contributed by atoms with Crippen LogP contribution in [0.4, 0.5) is 0 Å². The van der Waals surface area contributed by atoms with Crippen molar-refractivity contribution in [3.05, 3.63) is 44.4 Å². The van der Waals surface area contributed by atoms with Gasteiger partial charge < -0.3 is 4.57 Å². The van der Waals surface area contributed by atoms with Crippen LogP contribution >= 0.6 is 27.3 Å². The first kappa shape index (κ1) is 18.5. The number of carbonyl (C=O) groups is 2. The van der Waals surface area contributed by atoms with Crippen LogP contribution in [-0.4, -0.2) is 26.3 Å². The monoisotopic (exact) mass is 435 g/mol. The van der Waals surface area contributed by atoms with E-state index in [1.165, 1.54) is 11.3 Å². The first-order chi connectivity index (χ1) is 12.3. The molecule has 26 heavy (non-hydrogen) atoms. The summed E-state index contributed by atoms with van der Waals surface area (Å²) < 4.78 is 2.46. The number of aromatic nitrogens is 3. The van der Waals surface area contributed by atoms with Crippen LogP contribution < -0.4 is 10.9 Å². The molecule has 0 radical (unpaired) electrons. The predicted molar refractivity (Wildman–Crippen MR) is 104 cm³/mol. The summed E-state index contributed by atoms with van der Waals surface area (Å²) in [6, 6.07) is 1.68. The molecule has 9 heteroatoms. The van der Waals surface area contributed by atoms with E-state index in [4.69, 9.17) is 0 Å². The smallest absolute Gasteiger partial charge is 0.286 e. The van der Waals surface area contributed by atoms with Crippen molar-refractivity contribution in [2.75, 3.05) is 0 Å². The van der Waals surface area contributed by atoms with Gasteiger partial charge in [0.05, 0.1) is 4.88 Å². The third-order valence-corrected chi connectivity index (χ3v) is 5.65. The fraction of sp³-hybridized carbons (Fsp3) is 0.294. The molecule has 0 aliphatic carbocycles. The maximum atomic E-state index is 12.5. The standard InChI is InChI=1S/C17H18BrN5O2S/c1-5-12-19-9(3)13-8(2)14(26-17(13)20-12)16(25)22-21-15(24)11-6-10(18)7-23(11)4/h6-7H,5H2,1-4H3,(H,21,24)(H,22,25). The molecule has 3 heterocycles. The van der Waals surface area contributed by atoms with Crippen molar-refractivity contribution in [1.82, 2.24) is 25.4 Å². The summed E-state index contributed by atoms with van der Waals surface area (Å²) in [5.74, 6) is -0.00933. The zero-order valence-electron chi connectivity index (χ0n) is 14.8. The highest BCUT2D eigenvalue weighted by Crippen LogP contribution is 2.31. The molecule has 0 saturated heterocycles. The van der Waals surface area contributed by atoms with Crippen LogP contribution in [0.1, 0.15) is 44.2 Å². The van der Waals surface area contributed by atoms with Crippen molar-refractivity contribution >= 4 is 49.3 Å². The van der Waals surface area contributed by atoms with Crippen LogP contribution in [0, 0.1) is 13.8 Å². The van der Waals surface area contributed by atoms with E-state index in [2.05, 4.69) is 36.7 Å². The summed E-state index contributed by atoms with van der Waals surface area (Å²) in [6.45, 7) is 5.78. The molecule has 2 N–H and O–H groups in total. The van der Waals surface area contributed by atoms with Crippen molar-refractivity contribution in [3.8, 4) is 0 Å². The Bertz CT molecular complexity index is 1020. The molecular formula is C17H18BrN5O2S. The Hall–Kier alpha value is -2.26. The van der Waals surface area contributed by atoms with Crippen LogP contribution in [0.3, 0.4) is 0 Å². The Morgan fingerprint density at radius 1 is 1.23 bits per heavy atom. The van der Waals surface area contributed by atoms with Gasteiger partial charge in [0, 0.05) is 35.2 Å². The Morgan fingerprint density at radius 2 is 1.92 bits per heavy atom. The second-order valence-corrected chi connectivity index (χ2v) is 7.79. The maximum absolute atomic E-state index is 12.5. The number of hydrogen-bond acceptors (Lipinski definition) is 5. The van der Waals surface area contributed by atoms with Crippen LogP contribution in [0.5, 0.6) is 0 Å². The molecule has 0 aromatic carbocycles. The molecule has 0 unspecified atom stereocenters. The number of nitrogens with zero attached hydrogens (tertiary/aromatic N) is 3. The fourth-order valence-electron chi connectivity index (χ4n) is 2.75. The Balaban J connectivity index is 1.82. The van der Waals surface area contributed by atoms with Gasteiger partial charge >= 0.3 is 0 Å². The number of amides is 2. The van der Waals surface area contributed by atoms with E-state index in [-0.39, 0.29) is 5.91 Å². The van der Waals surface area contributed by atoms with Crippen LogP contribution in [0.25, 0.3) is 10.2 Å². The number of fused-ring (bicyclic) bond motifs is 1. The zero-order valence-corrected chi connectivity index (χ0v) is 17.2. The summed E-state index contributed by atoms with van der Waals surface area (Å²) in [5, 5.41) is 0.898. The Kier molecular flexibility index (Phi) is 5.10. The maximum Gasteiger partial charge on any atom is 0.286 e. The lowest BCUT2D eigenvalue weighted by Gasteiger charge is -2.07. The molecule has 0 atom stereocenters. The van der Waals surface area contributed by atoms with E-state index < -0.39 is 5.91 Å². The summed E-state index contributed by atoms with van der Waals surface area (Å²) >= 11 is 4.62. The number of thiophene rings is 1. The molecule has 0 fully saturated rings. The van der Waals surface area contributed by atoms with Gasteiger partial charge in [0.2, 0.25) is 0 Å². The minimum atomic E-state index is -0.394. The molecular weight excluding hydrogens is 418 g/mol. The van der Waals surface area contributed by atoms with Gasteiger partial charge in [-0.05, 0) is 41.4 Å². The lowest BCUT2D eigenvalue weighted by Crippen LogP contribution is -2.42. The largest absolute Gasteiger partial charge is 0.345 e. The highest BCUT2D eigenvalue weighted by atomic mass is 79.9. The lowest BCUT2D eigenvalue weighted by atomic mass is 10.1. The van der Waals surface area contributed by atoms with Crippen molar-refractivity contribution < 1.29 is 9.59 Å². The number of nitrogens with one attached hydrogen (secondary N) is 2. The summed E-state index contributed by atoms with van der Waals surface area (Å²) in [6.07, 6.45) is 2.50. The summed E-state index contributed by atoms with van der Waals surface area (Å²) in [5.41, 5.74) is 7.04. The molecule has 2 amide bonds. The first-order valence-electron chi connectivity index (χ1n) is 8.01. The van der Waals surface area contributed by atoms with Crippen molar-refractivity contribution in [2.45, 2.75) is 27.2 Å². The molecule has 3 aromatic heterocycles. The van der Waals surface area contributed by atoms with Crippen LogP contribution in [0.15, 0.2) is 16.7 Å². The number of rotatable bonds is 3. The van der Waals surface area contributed by atoms with Gasteiger partial charge in [-0.15, -0.1) is 11.3 Å². The first-order valence-corrected chi connectivity index (χ1v) is 9.62. The van der Waals surface area contributed by atoms with E-state index in [1.807, 2.05) is 20.8 Å². The van der Waals surface area contributed by atoms with Gasteiger partial charge in [-0.25, -0.2) is 9.97 Å². The van der Waals surface area contributed by atoms with Crippen molar-refractivity contribution in [3.63, 3.8) is 0 Å².